The van der Waals surface area contributed by atoms with Gasteiger partial charge in [0.1, 0.15) is 6.10 Å². The highest BCUT2D eigenvalue weighted by atomic mass is 16.3. The molecule has 0 aromatic carbocycles. The Morgan fingerprint density at radius 3 is 0.921 bits per heavy atom. The number of hydrogen-bond donors (Lipinski definition) is 4. The van der Waals surface area contributed by atoms with E-state index in [4.69, 9.17) is 0 Å². The lowest BCUT2D eigenvalue weighted by atomic mass is 10.0. The Hall–Kier alpha value is -0.910. The van der Waals surface area contributed by atoms with E-state index in [0.29, 0.717) is 12.8 Å². The van der Waals surface area contributed by atoms with Crippen LogP contribution in [0.3, 0.4) is 0 Å². The molecule has 63 heavy (non-hydrogen) atoms. The third kappa shape index (κ3) is 48.8. The van der Waals surface area contributed by atoms with Gasteiger partial charge in [0, 0.05) is 6.42 Å². The average molecular weight is 891 g/mol. The van der Waals surface area contributed by atoms with Crippen LogP contribution in [-0.2, 0) is 4.79 Å². The van der Waals surface area contributed by atoms with E-state index >= 15 is 0 Å². The fourth-order valence-corrected chi connectivity index (χ4v) is 9.40. The van der Waals surface area contributed by atoms with Crippen LogP contribution in [0.25, 0.3) is 0 Å². The van der Waals surface area contributed by atoms with Crippen LogP contribution in [0.1, 0.15) is 328 Å². The molecule has 5 nitrogen and oxygen atoms in total. The van der Waals surface area contributed by atoms with E-state index in [9.17, 15) is 20.1 Å². The van der Waals surface area contributed by atoms with Crippen LogP contribution in [-0.4, -0.2) is 46.1 Å². The largest absolute Gasteiger partial charge is 0.394 e. The first-order chi connectivity index (χ1) is 31.1. The smallest absolute Gasteiger partial charge is 0.220 e. The van der Waals surface area contributed by atoms with Crippen molar-refractivity contribution in [1.82, 2.24) is 5.32 Å². The first-order valence-electron chi connectivity index (χ1n) is 29.0. The van der Waals surface area contributed by atoms with E-state index < -0.39 is 18.2 Å². The van der Waals surface area contributed by atoms with Crippen molar-refractivity contribution in [2.75, 3.05) is 6.61 Å². The SMILES string of the molecule is CCCCCCCCCCCCCCCCCCCC/C=C/CCCC(O)C(O)C(CO)NC(=O)CCCCCCCCCCCCCCCCCCCCCCCCCCCC. The summed E-state index contributed by atoms with van der Waals surface area (Å²) in [4.78, 5) is 12.5. The molecule has 0 saturated heterocycles. The molecule has 5 heteroatoms. The van der Waals surface area contributed by atoms with Crippen molar-refractivity contribution in [3.63, 3.8) is 0 Å². The maximum Gasteiger partial charge on any atom is 0.220 e. The third-order valence-electron chi connectivity index (χ3n) is 13.9. The van der Waals surface area contributed by atoms with Gasteiger partial charge in [-0.2, -0.15) is 0 Å². The van der Waals surface area contributed by atoms with Crippen molar-refractivity contribution in [1.29, 1.82) is 0 Å². The summed E-state index contributed by atoms with van der Waals surface area (Å²) in [5.41, 5.74) is 0. The second-order valence-corrected chi connectivity index (χ2v) is 20.2. The quantitative estimate of drug-likeness (QED) is 0.0362. The van der Waals surface area contributed by atoms with Gasteiger partial charge in [-0.15, -0.1) is 0 Å². The minimum absolute atomic E-state index is 0.146. The second-order valence-electron chi connectivity index (χ2n) is 20.2. The summed E-state index contributed by atoms with van der Waals surface area (Å²) in [6, 6.07) is -0.823. The molecule has 0 aliphatic rings. The summed E-state index contributed by atoms with van der Waals surface area (Å²) in [5, 5.41) is 33.8. The maximum absolute atomic E-state index is 12.5. The molecule has 0 radical (unpaired) electrons. The summed E-state index contributed by atoms with van der Waals surface area (Å²) < 4.78 is 0. The standard InChI is InChI=1S/C58H115NO4/c1-3-5-7-9-11-13-15-17-19-21-23-25-27-28-29-31-33-35-37-39-41-43-45-47-49-51-53-57(62)59-55(54-60)58(63)56(61)52-50-48-46-44-42-40-38-36-34-32-30-26-24-22-20-18-16-14-12-10-8-6-4-2/h44,46,55-56,58,60-61,63H,3-43,45,47-54H2,1-2H3,(H,59,62)/b46-44+. The molecule has 3 atom stereocenters. The highest BCUT2D eigenvalue weighted by Gasteiger charge is 2.26. The van der Waals surface area contributed by atoms with Gasteiger partial charge in [0.2, 0.25) is 5.91 Å². The highest BCUT2D eigenvalue weighted by Crippen LogP contribution is 2.18. The first-order valence-corrected chi connectivity index (χ1v) is 29.0. The Morgan fingerprint density at radius 1 is 0.381 bits per heavy atom. The molecule has 0 heterocycles. The molecule has 3 unspecified atom stereocenters. The number of amides is 1. The van der Waals surface area contributed by atoms with E-state index in [1.807, 2.05) is 0 Å². The Kier molecular flexibility index (Phi) is 52.9. The summed E-state index contributed by atoms with van der Waals surface area (Å²) in [6.45, 7) is 4.22. The summed E-state index contributed by atoms with van der Waals surface area (Å²) in [5.74, 6) is -0.146. The van der Waals surface area contributed by atoms with Crippen LogP contribution < -0.4 is 5.32 Å². The summed E-state index contributed by atoms with van der Waals surface area (Å²) in [6.07, 6.45) is 66.6. The molecule has 0 spiro atoms. The number of rotatable bonds is 54. The van der Waals surface area contributed by atoms with Crippen LogP contribution in [0.4, 0.5) is 0 Å². The number of nitrogens with one attached hydrogen (secondary N) is 1. The van der Waals surface area contributed by atoms with Crippen LogP contribution in [0.5, 0.6) is 0 Å². The van der Waals surface area contributed by atoms with Gasteiger partial charge in [-0.1, -0.05) is 296 Å². The van der Waals surface area contributed by atoms with Crippen molar-refractivity contribution < 1.29 is 20.1 Å². The molecule has 0 bridgehead atoms. The Labute approximate surface area is 395 Å². The number of carbonyl (C=O) groups excluding carboxylic acids is 1. The summed E-state index contributed by atoms with van der Waals surface area (Å²) in [7, 11) is 0. The Bertz CT molecular complexity index is 894. The maximum atomic E-state index is 12.5. The van der Waals surface area contributed by atoms with Crippen molar-refractivity contribution in [2.24, 2.45) is 0 Å². The van der Waals surface area contributed by atoms with E-state index in [1.165, 1.54) is 263 Å². The lowest BCUT2D eigenvalue weighted by Gasteiger charge is -2.26. The van der Waals surface area contributed by atoms with Gasteiger partial charge in [0.15, 0.2) is 0 Å². The van der Waals surface area contributed by atoms with Crippen molar-refractivity contribution >= 4 is 5.91 Å². The van der Waals surface area contributed by atoms with Crippen LogP contribution in [0.15, 0.2) is 12.2 Å². The lowest BCUT2D eigenvalue weighted by molar-refractivity contribution is -0.124. The van der Waals surface area contributed by atoms with Gasteiger partial charge in [-0.25, -0.2) is 0 Å². The number of carbonyl (C=O) groups is 1. The van der Waals surface area contributed by atoms with Gasteiger partial charge in [0.05, 0.1) is 18.8 Å². The number of hydrogen-bond acceptors (Lipinski definition) is 4. The third-order valence-corrected chi connectivity index (χ3v) is 13.9. The molecular formula is C58H115NO4. The molecular weight excluding hydrogens is 775 g/mol. The van der Waals surface area contributed by atoms with Crippen molar-refractivity contribution in [3.8, 4) is 0 Å². The Balaban J connectivity index is 3.52. The Morgan fingerprint density at radius 2 is 0.635 bits per heavy atom. The number of aliphatic hydroxyl groups excluding tert-OH is 3. The second kappa shape index (κ2) is 53.7. The van der Waals surface area contributed by atoms with E-state index in [2.05, 4.69) is 31.3 Å². The summed E-state index contributed by atoms with van der Waals surface area (Å²) >= 11 is 0. The van der Waals surface area contributed by atoms with E-state index in [-0.39, 0.29) is 12.5 Å². The number of aliphatic hydroxyl groups is 3. The minimum atomic E-state index is -1.16. The molecule has 0 aromatic rings. The van der Waals surface area contributed by atoms with Gasteiger partial charge in [0.25, 0.3) is 0 Å². The number of allylic oxidation sites excluding steroid dienone is 2. The van der Waals surface area contributed by atoms with Gasteiger partial charge in [-0.3, -0.25) is 4.79 Å². The predicted octanol–water partition coefficient (Wildman–Crippen LogP) is 17.9. The zero-order valence-electron chi connectivity index (χ0n) is 43.0. The number of unbranched alkanes of at least 4 members (excludes halogenated alkanes) is 44. The van der Waals surface area contributed by atoms with Crippen molar-refractivity contribution in [2.45, 2.75) is 347 Å². The fraction of sp³-hybridized carbons (Fsp3) is 0.948. The van der Waals surface area contributed by atoms with Crippen LogP contribution >= 0.6 is 0 Å². The topological polar surface area (TPSA) is 89.8 Å². The molecule has 0 aliphatic carbocycles. The first kappa shape index (κ1) is 62.1. The van der Waals surface area contributed by atoms with Crippen LogP contribution in [0, 0.1) is 0 Å². The molecule has 4 N–H and O–H groups in total. The zero-order valence-corrected chi connectivity index (χ0v) is 43.0. The van der Waals surface area contributed by atoms with E-state index in [1.54, 1.807) is 0 Å². The molecule has 0 rings (SSSR count). The van der Waals surface area contributed by atoms with Crippen molar-refractivity contribution in [3.05, 3.63) is 12.2 Å². The van der Waals surface area contributed by atoms with Crippen LogP contribution in [0.2, 0.25) is 0 Å². The van der Waals surface area contributed by atoms with Gasteiger partial charge in [-0.05, 0) is 38.5 Å². The van der Waals surface area contributed by atoms with Gasteiger partial charge >= 0.3 is 0 Å². The normalized spacial score (nSPS) is 13.3. The molecule has 0 aromatic heterocycles. The fourth-order valence-electron chi connectivity index (χ4n) is 9.40. The van der Waals surface area contributed by atoms with E-state index in [0.717, 1.165) is 38.5 Å². The molecule has 376 valence electrons. The molecule has 0 fully saturated rings. The average Bonchev–Trinajstić information content (AvgIpc) is 3.29. The highest BCUT2D eigenvalue weighted by molar-refractivity contribution is 5.76. The molecule has 0 saturated carbocycles. The lowest BCUT2D eigenvalue weighted by Crippen LogP contribution is -2.50. The predicted molar refractivity (Wildman–Crippen MR) is 278 cm³/mol. The molecule has 1 amide bonds. The monoisotopic (exact) mass is 890 g/mol. The zero-order chi connectivity index (χ0) is 45.8. The minimum Gasteiger partial charge on any atom is -0.394 e. The molecule has 0 aliphatic heterocycles. The van der Waals surface area contributed by atoms with Gasteiger partial charge < -0.3 is 20.6 Å².